The van der Waals surface area contributed by atoms with Crippen LogP contribution >= 0.6 is 0 Å². The summed E-state index contributed by atoms with van der Waals surface area (Å²) in [5.74, 6) is 0.591. The largest absolute Gasteiger partial charge is 0.414 e. The van der Waals surface area contributed by atoms with E-state index in [4.69, 9.17) is 4.63 Å². The normalized spacial score (nSPS) is 20.4. The molecule has 3 heterocycles. The summed E-state index contributed by atoms with van der Waals surface area (Å²) in [4.78, 5) is 4.67. The van der Waals surface area contributed by atoms with Crippen LogP contribution in [0, 0.1) is 5.92 Å². The molecule has 1 aromatic heterocycles. The number of anilines is 1. The molecule has 2 aliphatic rings. The van der Waals surface area contributed by atoms with E-state index >= 15 is 0 Å². The fourth-order valence-electron chi connectivity index (χ4n) is 3.99. The minimum Gasteiger partial charge on any atom is -0.384 e. The van der Waals surface area contributed by atoms with Gasteiger partial charge in [0.2, 0.25) is 0 Å². The predicted molar refractivity (Wildman–Crippen MR) is 93.6 cm³/mol. The van der Waals surface area contributed by atoms with Gasteiger partial charge in [-0.25, -0.2) is 4.63 Å². The second-order valence-corrected chi connectivity index (χ2v) is 7.62. The molecule has 0 spiro atoms. The highest BCUT2D eigenvalue weighted by atomic mass is 19.4. The van der Waals surface area contributed by atoms with Crippen LogP contribution in [0.4, 0.5) is 18.9 Å². The van der Waals surface area contributed by atoms with Gasteiger partial charge in [-0.1, -0.05) is 0 Å². The maximum atomic E-state index is 12.5. The lowest BCUT2D eigenvalue weighted by Gasteiger charge is -2.42. The van der Waals surface area contributed by atoms with Gasteiger partial charge >= 0.3 is 6.18 Å². The molecular formula is C18H23F3N4O2. The number of halogens is 3. The van der Waals surface area contributed by atoms with E-state index in [1.807, 2.05) is 6.07 Å². The number of aliphatic hydroxyl groups excluding tert-OH is 1. The number of likely N-dealkylation sites (tertiary alicyclic amines) is 1. The maximum Gasteiger partial charge on any atom is 0.414 e. The Bertz CT molecular complexity index is 782. The topological polar surface area (TPSA) is 65.6 Å². The first kappa shape index (κ1) is 18.5. The van der Waals surface area contributed by atoms with Crippen LogP contribution in [0.25, 0.3) is 11.0 Å². The van der Waals surface area contributed by atoms with Gasteiger partial charge in [-0.2, -0.15) is 13.2 Å². The third-order valence-electron chi connectivity index (χ3n) is 5.50. The summed E-state index contributed by atoms with van der Waals surface area (Å²) in [7, 11) is 0. The minimum absolute atomic E-state index is 0.113. The van der Waals surface area contributed by atoms with Gasteiger partial charge in [0.1, 0.15) is 11.6 Å². The van der Waals surface area contributed by atoms with Crippen molar-refractivity contribution in [1.29, 1.82) is 0 Å². The fraction of sp³-hybridized carbons (Fsp3) is 0.667. The zero-order chi connectivity index (χ0) is 19.0. The Kier molecular flexibility index (Phi) is 4.98. The van der Waals surface area contributed by atoms with E-state index < -0.39 is 12.3 Å². The fourth-order valence-corrected chi connectivity index (χ4v) is 3.99. The van der Waals surface area contributed by atoms with E-state index in [1.165, 1.54) is 25.9 Å². The SMILES string of the molecule is OC(CCc1cc(N2CC(CN3CCCC3)C2)c2nonc2c1)C(F)(F)F. The Morgan fingerprint density at radius 3 is 2.63 bits per heavy atom. The van der Waals surface area contributed by atoms with Crippen molar-refractivity contribution in [2.24, 2.45) is 5.92 Å². The van der Waals surface area contributed by atoms with Gasteiger partial charge in [0.05, 0.1) is 5.69 Å². The number of hydrogen-bond acceptors (Lipinski definition) is 6. The van der Waals surface area contributed by atoms with Crippen LogP contribution in [0.2, 0.25) is 0 Å². The summed E-state index contributed by atoms with van der Waals surface area (Å²) in [6.45, 7) is 5.23. The molecule has 1 atom stereocenters. The molecule has 27 heavy (non-hydrogen) atoms. The summed E-state index contributed by atoms with van der Waals surface area (Å²) in [5.41, 5.74) is 2.71. The highest BCUT2D eigenvalue weighted by Gasteiger charge is 2.37. The van der Waals surface area contributed by atoms with Crippen LogP contribution < -0.4 is 4.90 Å². The van der Waals surface area contributed by atoms with Crippen molar-refractivity contribution in [3.05, 3.63) is 17.7 Å². The molecule has 2 saturated heterocycles. The third-order valence-corrected chi connectivity index (χ3v) is 5.50. The number of benzene rings is 1. The van der Waals surface area contributed by atoms with Gasteiger partial charge in [-0.15, -0.1) is 0 Å². The van der Waals surface area contributed by atoms with Gasteiger partial charge in [-0.05, 0) is 66.8 Å². The molecule has 2 fully saturated rings. The Morgan fingerprint density at radius 1 is 1.19 bits per heavy atom. The summed E-state index contributed by atoms with van der Waals surface area (Å²) in [5, 5.41) is 17.1. The quantitative estimate of drug-likeness (QED) is 0.826. The van der Waals surface area contributed by atoms with E-state index in [0.29, 0.717) is 22.5 Å². The molecule has 0 aliphatic carbocycles. The Morgan fingerprint density at radius 2 is 1.93 bits per heavy atom. The molecule has 1 unspecified atom stereocenters. The molecule has 2 aliphatic heterocycles. The average Bonchev–Trinajstić information content (AvgIpc) is 3.25. The molecule has 1 aromatic carbocycles. The molecule has 9 heteroatoms. The summed E-state index contributed by atoms with van der Waals surface area (Å²) < 4.78 is 42.4. The van der Waals surface area contributed by atoms with Crippen LogP contribution in [0.5, 0.6) is 0 Å². The first-order valence-electron chi connectivity index (χ1n) is 9.37. The zero-order valence-electron chi connectivity index (χ0n) is 15.0. The van der Waals surface area contributed by atoms with Crippen molar-refractivity contribution in [3.8, 4) is 0 Å². The molecule has 0 amide bonds. The summed E-state index contributed by atoms with van der Waals surface area (Å²) in [6.07, 6.45) is -4.64. The first-order valence-corrected chi connectivity index (χ1v) is 9.37. The van der Waals surface area contributed by atoms with Crippen molar-refractivity contribution in [1.82, 2.24) is 15.2 Å². The molecular weight excluding hydrogens is 361 g/mol. The number of aryl methyl sites for hydroxylation is 1. The first-order chi connectivity index (χ1) is 12.9. The van der Waals surface area contributed by atoms with E-state index in [2.05, 4.69) is 20.1 Å². The summed E-state index contributed by atoms with van der Waals surface area (Å²) >= 11 is 0. The van der Waals surface area contributed by atoms with Gasteiger partial charge < -0.3 is 14.9 Å². The van der Waals surface area contributed by atoms with Crippen molar-refractivity contribution < 1.29 is 22.9 Å². The highest BCUT2D eigenvalue weighted by molar-refractivity contribution is 5.88. The minimum atomic E-state index is -4.59. The Labute approximate surface area is 154 Å². The van der Waals surface area contributed by atoms with Crippen LogP contribution in [0.15, 0.2) is 16.8 Å². The summed E-state index contributed by atoms with van der Waals surface area (Å²) in [6, 6.07) is 3.53. The van der Waals surface area contributed by atoms with Gasteiger partial charge in [0.15, 0.2) is 5.52 Å². The molecule has 0 radical (unpaired) electrons. The van der Waals surface area contributed by atoms with E-state index in [0.717, 1.165) is 25.3 Å². The number of aliphatic hydroxyl groups is 1. The Balaban J connectivity index is 1.43. The lowest BCUT2D eigenvalue weighted by atomic mass is 9.97. The lowest BCUT2D eigenvalue weighted by Crippen LogP contribution is -2.51. The number of nitrogens with zero attached hydrogens (tertiary/aromatic N) is 4. The van der Waals surface area contributed by atoms with Crippen molar-refractivity contribution in [2.75, 3.05) is 37.6 Å². The van der Waals surface area contributed by atoms with Crippen LogP contribution in [0.3, 0.4) is 0 Å². The zero-order valence-corrected chi connectivity index (χ0v) is 15.0. The smallest absolute Gasteiger partial charge is 0.384 e. The average molecular weight is 384 g/mol. The monoisotopic (exact) mass is 384 g/mol. The highest BCUT2D eigenvalue weighted by Crippen LogP contribution is 2.33. The molecule has 4 rings (SSSR count). The van der Waals surface area contributed by atoms with E-state index in [1.54, 1.807) is 6.07 Å². The molecule has 2 aromatic rings. The number of alkyl halides is 3. The predicted octanol–water partition coefficient (Wildman–Crippen LogP) is 2.61. The number of rotatable bonds is 6. The third kappa shape index (κ3) is 4.03. The van der Waals surface area contributed by atoms with E-state index in [-0.39, 0.29) is 12.8 Å². The molecule has 148 valence electrons. The molecule has 0 bridgehead atoms. The van der Waals surface area contributed by atoms with Crippen LogP contribution in [0.1, 0.15) is 24.8 Å². The standard InChI is InChI=1S/C18H23F3N4O2/c19-18(20,21)16(26)4-3-12-7-14-17(23-27-22-14)15(8-12)25-10-13(11-25)9-24-5-1-2-6-24/h7-8,13,16,26H,1-6,9-11H2. The van der Waals surface area contributed by atoms with Gasteiger partial charge in [0.25, 0.3) is 0 Å². The van der Waals surface area contributed by atoms with E-state index in [9.17, 15) is 18.3 Å². The van der Waals surface area contributed by atoms with Crippen molar-refractivity contribution in [3.63, 3.8) is 0 Å². The number of fused-ring (bicyclic) bond motifs is 1. The number of aromatic nitrogens is 2. The number of hydrogen-bond donors (Lipinski definition) is 1. The van der Waals surface area contributed by atoms with Gasteiger partial charge in [0, 0.05) is 25.6 Å². The molecule has 6 nitrogen and oxygen atoms in total. The molecule has 0 saturated carbocycles. The molecule has 1 N–H and O–H groups in total. The van der Waals surface area contributed by atoms with Crippen LogP contribution in [-0.2, 0) is 6.42 Å². The maximum absolute atomic E-state index is 12.5. The lowest BCUT2D eigenvalue weighted by molar-refractivity contribution is -0.205. The van der Waals surface area contributed by atoms with Gasteiger partial charge in [-0.3, -0.25) is 0 Å². The second kappa shape index (κ2) is 7.27. The van der Waals surface area contributed by atoms with Crippen molar-refractivity contribution >= 4 is 16.7 Å². The second-order valence-electron chi connectivity index (χ2n) is 7.62. The van der Waals surface area contributed by atoms with Crippen molar-refractivity contribution in [2.45, 2.75) is 38.0 Å². The Hall–Kier alpha value is -1.87. The van der Waals surface area contributed by atoms with Crippen LogP contribution in [-0.4, -0.2) is 65.3 Å².